The van der Waals surface area contributed by atoms with Crippen LogP contribution in [0, 0.1) is 52.3 Å². The van der Waals surface area contributed by atoms with Gasteiger partial charge in [0.25, 0.3) is 0 Å². The minimum atomic E-state index is -0.540. The summed E-state index contributed by atoms with van der Waals surface area (Å²) in [6.45, 7) is 11.3. The van der Waals surface area contributed by atoms with Gasteiger partial charge in [-0.25, -0.2) is 0 Å². The number of carbonyl (C=O) groups is 2. The molecule has 0 spiro atoms. The number of ether oxygens (including phenoxy) is 3. The number of hydrogen-bond acceptors (Lipinski definition) is 5. The van der Waals surface area contributed by atoms with Crippen LogP contribution in [0.2, 0.25) is 0 Å². The molecule has 3 saturated carbocycles. The number of methoxy groups -OCH3 is 2. The van der Waals surface area contributed by atoms with Gasteiger partial charge in [0.15, 0.2) is 11.6 Å². The molecule has 0 N–H and O–H groups in total. The van der Waals surface area contributed by atoms with Gasteiger partial charge < -0.3 is 14.2 Å². The van der Waals surface area contributed by atoms with Gasteiger partial charge in [-0.05, 0) is 79.3 Å². The fourth-order valence-corrected chi connectivity index (χ4v) is 9.46. The molecule has 11 atom stereocenters. The zero-order valence-electron chi connectivity index (χ0n) is 22.6. The van der Waals surface area contributed by atoms with Crippen molar-refractivity contribution in [1.29, 1.82) is 0 Å². The maximum atomic E-state index is 12.1. The highest BCUT2D eigenvalue weighted by atomic mass is 16.7. The Morgan fingerprint density at radius 3 is 2.63 bits per heavy atom. The number of esters is 1. The molecule has 4 fully saturated rings. The largest absolute Gasteiger partial charge is 0.469 e. The standard InChI is InChI=1S/C30H44O5/c1-17(18(2)27(32)33-6)14-25-19(3)26-29(5)13-11-23-22(24(29)16-30(26,34-7)35-25)9-8-20-15-21(31)10-12-28(20,23)4/h10,12,15,17-19,22-26H,8-9,11,13-14,16H2,1-7H3. The lowest BCUT2D eigenvalue weighted by Crippen LogP contribution is -2.50. The number of allylic oxidation sites excluding steroid dienone is 4. The first kappa shape index (κ1) is 25.2. The van der Waals surface area contributed by atoms with Crippen molar-refractivity contribution in [2.45, 2.75) is 85.0 Å². The van der Waals surface area contributed by atoms with Crippen LogP contribution in [-0.4, -0.2) is 37.9 Å². The minimum Gasteiger partial charge on any atom is -0.469 e. The summed E-state index contributed by atoms with van der Waals surface area (Å²) in [5.41, 5.74) is 1.52. The molecular weight excluding hydrogens is 440 g/mol. The van der Waals surface area contributed by atoms with Crippen LogP contribution in [0.4, 0.5) is 0 Å². The molecule has 1 aliphatic heterocycles. The first-order chi connectivity index (χ1) is 16.5. The molecule has 5 aliphatic rings. The maximum Gasteiger partial charge on any atom is 0.308 e. The highest BCUT2D eigenvalue weighted by Gasteiger charge is 2.71. The SMILES string of the molecule is COC(=O)C(C)C(C)CC1OC2(OC)CC3C4CCC5=CC(=O)C=CC5(C)C4CCC3(C)C2C1C. The Bertz CT molecular complexity index is 952. The predicted octanol–water partition coefficient (Wildman–Crippen LogP) is 5.73. The summed E-state index contributed by atoms with van der Waals surface area (Å²) in [7, 11) is 3.30. The van der Waals surface area contributed by atoms with E-state index in [1.807, 2.05) is 20.1 Å². The Morgan fingerprint density at radius 1 is 1.20 bits per heavy atom. The quantitative estimate of drug-likeness (QED) is 0.466. The fraction of sp³-hybridized carbons (Fsp3) is 0.800. The van der Waals surface area contributed by atoms with Gasteiger partial charge in [-0.3, -0.25) is 9.59 Å². The average Bonchev–Trinajstić information content (AvgIpc) is 3.27. The molecule has 4 aliphatic carbocycles. The van der Waals surface area contributed by atoms with Crippen molar-refractivity contribution in [1.82, 2.24) is 0 Å². The Labute approximate surface area is 211 Å². The number of hydrogen-bond donors (Lipinski definition) is 0. The van der Waals surface area contributed by atoms with E-state index < -0.39 is 5.79 Å². The molecule has 5 nitrogen and oxygen atoms in total. The van der Waals surface area contributed by atoms with Crippen LogP contribution in [0.1, 0.15) is 73.1 Å². The van der Waals surface area contributed by atoms with Crippen molar-refractivity contribution in [2.24, 2.45) is 52.3 Å². The third kappa shape index (κ3) is 3.54. The van der Waals surface area contributed by atoms with Crippen LogP contribution >= 0.6 is 0 Å². The normalized spacial score (nSPS) is 47.7. The van der Waals surface area contributed by atoms with E-state index in [-0.39, 0.29) is 40.5 Å². The third-order valence-corrected chi connectivity index (χ3v) is 11.5. The van der Waals surface area contributed by atoms with Gasteiger partial charge in [0.1, 0.15) is 0 Å². The molecule has 194 valence electrons. The van der Waals surface area contributed by atoms with Gasteiger partial charge in [0.2, 0.25) is 0 Å². The van der Waals surface area contributed by atoms with E-state index in [4.69, 9.17) is 14.2 Å². The summed E-state index contributed by atoms with van der Waals surface area (Å²) in [5.74, 6) is 1.99. The molecule has 1 saturated heterocycles. The van der Waals surface area contributed by atoms with Crippen molar-refractivity contribution < 1.29 is 23.8 Å². The molecule has 0 amide bonds. The lowest BCUT2D eigenvalue weighted by Gasteiger charge is -2.57. The highest BCUT2D eigenvalue weighted by Crippen LogP contribution is 2.72. The predicted molar refractivity (Wildman–Crippen MR) is 134 cm³/mol. The molecule has 5 rings (SSSR count). The Morgan fingerprint density at radius 2 is 1.94 bits per heavy atom. The first-order valence-corrected chi connectivity index (χ1v) is 13.8. The number of fused-ring (bicyclic) bond motifs is 7. The van der Waals surface area contributed by atoms with Crippen LogP contribution < -0.4 is 0 Å². The van der Waals surface area contributed by atoms with Crippen molar-refractivity contribution in [3.63, 3.8) is 0 Å². The van der Waals surface area contributed by atoms with Gasteiger partial charge in [0.05, 0.1) is 19.1 Å². The lowest BCUT2D eigenvalue weighted by atomic mass is 9.47. The van der Waals surface area contributed by atoms with Crippen molar-refractivity contribution >= 4 is 11.8 Å². The molecular formula is C30H44O5. The number of ketones is 1. The zero-order valence-corrected chi connectivity index (χ0v) is 22.6. The number of rotatable bonds is 5. The highest BCUT2D eigenvalue weighted by molar-refractivity contribution is 6.01. The van der Waals surface area contributed by atoms with Gasteiger partial charge in [0, 0.05) is 24.9 Å². The molecule has 5 heteroatoms. The topological polar surface area (TPSA) is 61.8 Å². The van der Waals surface area contributed by atoms with Gasteiger partial charge in [-0.15, -0.1) is 0 Å². The molecule has 0 aromatic rings. The van der Waals surface area contributed by atoms with E-state index in [1.54, 1.807) is 6.08 Å². The molecule has 0 aromatic heterocycles. The second-order valence-electron chi connectivity index (χ2n) is 12.9. The molecule has 0 bridgehead atoms. The van der Waals surface area contributed by atoms with Crippen LogP contribution in [-0.2, 0) is 23.8 Å². The van der Waals surface area contributed by atoms with E-state index >= 15 is 0 Å². The summed E-state index contributed by atoms with van der Waals surface area (Å²) in [5, 5.41) is 0. The van der Waals surface area contributed by atoms with Gasteiger partial charge in [-0.1, -0.05) is 46.3 Å². The maximum absolute atomic E-state index is 12.1. The summed E-state index contributed by atoms with van der Waals surface area (Å²) in [6.07, 6.45) is 12.3. The van der Waals surface area contributed by atoms with E-state index in [0.717, 1.165) is 25.7 Å². The molecule has 35 heavy (non-hydrogen) atoms. The van der Waals surface area contributed by atoms with Crippen molar-refractivity contribution in [2.75, 3.05) is 14.2 Å². The Hall–Kier alpha value is -1.46. The summed E-state index contributed by atoms with van der Waals surface area (Å²) in [4.78, 5) is 24.2. The lowest BCUT2D eigenvalue weighted by molar-refractivity contribution is -0.229. The van der Waals surface area contributed by atoms with Crippen LogP contribution in [0.15, 0.2) is 23.8 Å². The average molecular weight is 485 g/mol. The van der Waals surface area contributed by atoms with Crippen molar-refractivity contribution in [3.05, 3.63) is 23.8 Å². The fourth-order valence-electron chi connectivity index (χ4n) is 9.46. The minimum absolute atomic E-state index is 0.00452. The van der Waals surface area contributed by atoms with Gasteiger partial charge in [-0.2, -0.15) is 0 Å². The molecule has 11 unspecified atom stereocenters. The van der Waals surface area contributed by atoms with E-state index in [9.17, 15) is 9.59 Å². The third-order valence-electron chi connectivity index (χ3n) is 11.5. The second-order valence-corrected chi connectivity index (χ2v) is 12.9. The Balaban J connectivity index is 1.40. The van der Waals surface area contributed by atoms with Crippen molar-refractivity contribution in [3.8, 4) is 0 Å². The molecule has 1 heterocycles. The summed E-state index contributed by atoms with van der Waals surface area (Å²) >= 11 is 0. The van der Waals surface area contributed by atoms with E-state index in [0.29, 0.717) is 29.6 Å². The molecule has 0 radical (unpaired) electrons. The smallest absolute Gasteiger partial charge is 0.308 e. The zero-order chi connectivity index (χ0) is 25.3. The van der Waals surface area contributed by atoms with E-state index in [1.165, 1.54) is 25.5 Å². The Kier molecular flexibility index (Phi) is 6.15. The monoisotopic (exact) mass is 484 g/mol. The van der Waals surface area contributed by atoms with Crippen LogP contribution in [0.5, 0.6) is 0 Å². The van der Waals surface area contributed by atoms with Crippen LogP contribution in [0.3, 0.4) is 0 Å². The van der Waals surface area contributed by atoms with E-state index in [2.05, 4.69) is 33.8 Å². The molecule has 0 aromatic carbocycles. The summed E-state index contributed by atoms with van der Waals surface area (Å²) < 4.78 is 18.2. The van der Waals surface area contributed by atoms with Gasteiger partial charge >= 0.3 is 5.97 Å². The summed E-state index contributed by atoms with van der Waals surface area (Å²) in [6, 6.07) is 0. The van der Waals surface area contributed by atoms with Crippen LogP contribution in [0.25, 0.3) is 0 Å². The number of carbonyl (C=O) groups excluding carboxylic acids is 2. The first-order valence-electron chi connectivity index (χ1n) is 13.8. The second kappa shape index (κ2) is 8.55.